The van der Waals surface area contributed by atoms with Gasteiger partial charge in [-0.05, 0) is 19.9 Å². The molecule has 1 heterocycles. The zero-order chi connectivity index (χ0) is 9.14. The third-order valence-corrected chi connectivity index (χ3v) is 2.34. The van der Waals surface area contributed by atoms with Gasteiger partial charge in [0, 0.05) is 13.1 Å². The van der Waals surface area contributed by atoms with E-state index in [0.29, 0.717) is 12.1 Å². The van der Waals surface area contributed by atoms with Crippen molar-refractivity contribution in [3.63, 3.8) is 0 Å². The molecular weight excluding hydrogens is 154 g/mol. The highest BCUT2D eigenvalue weighted by molar-refractivity contribution is 5.88. The van der Waals surface area contributed by atoms with Gasteiger partial charge in [-0.15, -0.1) is 0 Å². The molecule has 1 aliphatic rings. The van der Waals surface area contributed by atoms with Crippen LogP contribution in [-0.4, -0.2) is 36.1 Å². The van der Waals surface area contributed by atoms with Crippen LogP contribution < -0.4 is 0 Å². The number of carboxylic acids is 1. The predicted octanol–water partition coefficient (Wildman–Crippen LogP) is 1.11. The van der Waals surface area contributed by atoms with Crippen LogP contribution >= 0.6 is 0 Å². The van der Waals surface area contributed by atoms with Crippen LogP contribution in [0.3, 0.4) is 0 Å². The van der Waals surface area contributed by atoms with Crippen LogP contribution in [0.25, 0.3) is 0 Å². The zero-order valence-corrected chi connectivity index (χ0v) is 7.63. The lowest BCUT2D eigenvalue weighted by Crippen LogP contribution is -2.30. The van der Waals surface area contributed by atoms with Gasteiger partial charge in [-0.25, -0.2) is 4.79 Å². The average molecular weight is 169 g/mol. The monoisotopic (exact) mass is 169 g/mol. The maximum absolute atomic E-state index is 10.8. The first-order valence-corrected chi connectivity index (χ1v) is 4.28. The van der Waals surface area contributed by atoms with Crippen molar-refractivity contribution in [3.8, 4) is 0 Å². The number of carbonyl (C=O) groups is 1. The number of nitrogens with zero attached hydrogens (tertiary/aromatic N) is 1. The summed E-state index contributed by atoms with van der Waals surface area (Å²) in [5.74, 6) is -0.751. The van der Waals surface area contributed by atoms with E-state index in [0.717, 1.165) is 25.0 Å². The molecule has 3 nitrogen and oxygen atoms in total. The summed E-state index contributed by atoms with van der Waals surface area (Å²) < 4.78 is 0. The first-order valence-electron chi connectivity index (χ1n) is 4.28. The maximum atomic E-state index is 10.8. The van der Waals surface area contributed by atoms with Gasteiger partial charge < -0.3 is 10.0 Å². The number of likely N-dealkylation sites (N-methyl/N-ethyl adjacent to an activating group) is 1. The number of carboxylic acid groups (broad SMARTS) is 1. The fourth-order valence-corrected chi connectivity index (χ4v) is 1.55. The van der Waals surface area contributed by atoms with E-state index < -0.39 is 5.97 Å². The van der Waals surface area contributed by atoms with Gasteiger partial charge in [0.1, 0.15) is 0 Å². The van der Waals surface area contributed by atoms with E-state index in [4.69, 9.17) is 5.11 Å². The van der Waals surface area contributed by atoms with Crippen LogP contribution in [0.1, 0.15) is 19.8 Å². The number of rotatable bonds is 2. The second kappa shape index (κ2) is 3.72. The molecule has 0 aromatic heterocycles. The van der Waals surface area contributed by atoms with Gasteiger partial charge in [-0.3, -0.25) is 0 Å². The molecule has 0 unspecified atom stereocenters. The van der Waals surface area contributed by atoms with Crippen LogP contribution in [0, 0.1) is 0 Å². The van der Waals surface area contributed by atoms with Crippen molar-refractivity contribution in [2.45, 2.75) is 19.8 Å². The molecule has 0 radical (unpaired) electrons. The molecule has 0 aromatic rings. The Labute approximate surface area is 72.7 Å². The molecule has 0 saturated heterocycles. The molecule has 0 amide bonds. The molecule has 0 atom stereocenters. The first-order chi connectivity index (χ1) is 5.65. The number of hydrogen-bond donors (Lipinski definition) is 1. The quantitative estimate of drug-likeness (QED) is 0.673. The Morgan fingerprint density at radius 1 is 1.67 bits per heavy atom. The predicted molar refractivity (Wildman–Crippen MR) is 47.1 cm³/mol. The molecule has 0 bridgehead atoms. The van der Waals surface area contributed by atoms with Gasteiger partial charge in [-0.2, -0.15) is 0 Å². The van der Waals surface area contributed by atoms with E-state index in [1.54, 1.807) is 0 Å². The van der Waals surface area contributed by atoms with Crippen molar-refractivity contribution in [2.75, 3.05) is 20.1 Å². The van der Waals surface area contributed by atoms with Gasteiger partial charge in [-0.1, -0.05) is 12.5 Å². The highest BCUT2D eigenvalue weighted by Gasteiger charge is 2.19. The van der Waals surface area contributed by atoms with Gasteiger partial charge in [0.25, 0.3) is 0 Å². The summed E-state index contributed by atoms with van der Waals surface area (Å²) in [4.78, 5) is 12.8. The SMILES string of the molecule is CCC1=C(C(=O)O)CN(C)CC1. The van der Waals surface area contributed by atoms with Crippen molar-refractivity contribution in [3.05, 3.63) is 11.1 Å². The van der Waals surface area contributed by atoms with E-state index in [2.05, 4.69) is 0 Å². The van der Waals surface area contributed by atoms with Gasteiger partial charge in [0.2, 0.25) is 0 Å². The second-order valence-electron chi connectivity index (χ2n) is 3.23. The Balaban J connectivity index is 2.84. The summed E-state index contributed by atoms with van der Waals surface area (Å²) >= 11 is 0. The van der Waals surface area contributed by atoms with Crippen LogP contribution in [0.5, 0.6) is 0 Å². The van der Waals surface area contributed by atoms with Crippen LogP contribution in [-0.2, 0) is 4.79 Å². The summed E-state index contributed by atoms with van der Waals surface area (Å²) in [6.07, 6.45) is 1.78. The van der Waals surface area contributed by atoms with Crippen molar-refractivity contribution in [1.82, 2.24) is 4.90 Å². The minimum atomic E-state index is -0.751. The summed E-state index contributed by atoms with van der Waals surface area (Å²) in [7, 11) is 1.95. The molecule has 12 heavy (non-hydrogen) atoms. The van der Waals surface area contributed by atoms with Crippen molar-refractivity contribution in [2.24, 2.45) is 0 Å². The standard InChI is InChI=1S/C9H15NO2/c1-3-7-4-5-10(2)6-8(7)9(11)12/h3-6H2,1-2H3,(H,11,12). The fourth-order valence-electron chi connectivity index (χ4n) is 1.55. The second-order valence-corrected chi connectivity index (χ2v) is 3.23. The third-order valence-electron chi connectivity index (χ3n) is 2.34. The van der Waals surface area contributed by atoms with E-state index in [-0.39, 0.29) is 0 Å². The Kier molecular flexibility index (Phi) is 2.87. The average Bonchev–Trinajstić information content (AvgIpc) is 2.04. The fraction of sp³-hybridized carbons (Fsp3) is 0.667. The lowest BCUT2D eigenvalue weighted by molar-refractivity contribution is -0.133. The number of aliphatic carboxylic acids is 1. The Morgan fingerprint density at radius 3 is 2.83 bits per heavy atom. The molecule has 3 heteroatoms. The Hall–Kier alpha value is -0.830. The minimum absolute atomic E-state index is 0.596. The third kappa shape index (κ3) is 1.85. The number of hydrogen-bond acceptors (Lipinski definition) is 2. The maximum Gasteiger partial charge on any atom is 0.332 e. The highest BCUT2D eigenvalue weighted by Crippen LogP contribution is 2.19. The van der Waals surface area contributed by atoms with Crippen molar-refractivity contribution in [1.29, 1.82) is 0 Å². The normalized spacial score (nSPS) is 19.8. The molecule has 1 N–H and O–H groups in total. The lowest BCUT2D eigenvalue weighted by atomic mass is 9.98. The first kappa shape index (κ1) is 9.26. The minimum Gasteiger partial charge on any atom is -0.478 e. The topological polar surface area (TPSA) is 40.5 Å². The molecule has 1 rings (SSSR count). The van der Waals surface area contributed by atoms with Crippen LogP contribution in [0.4, 0.5) is 0 Å². The molecule has 0 aliphatic carbocycles. The van der Waals surface area contributed by atoms with E-state index >= 15 is 0 Å². The van der Waals surface area contributed by atoms with Crippen molar-refractivity contribution < 1.29 is 9.90 Å². The largest absolute Gasteiger partial charge is 0.478 e. The molecular formula is C9H15NO2. The summed E-state index contributed by atoms with van der Waals surface area (Å²) in [6, 6.07) is 0. The highest BCUT2D eigenvalue weighted by atomic mass is 16.4. The van der Waals surface area contributed by atoms with Crippen LogP contribution in [0.15, 0.2) is 11.1 Å². The zero-order valence-electron chi connectivity index (χ0n) is 7.63. The van der Waals surface area contributed by atoms with E-state index in [1.165, 1.54) is 0 Å². The van der Waals surface area contributed by atoms with Gasteiger partial charge >= 0.3 is 5.97 Å². The van der Waals surface area contributed by atoms with Gasteiger partial charge in [0.05, 0.1) is 5.57 Å². The van der Waals surface area contributed by atoms with Crippen molar-refractivity contribution >= 4 is 5.97 Å². The summed E-state index contributed by atoms with van der Waals surface area (Å²) in [6.45, 7) is 3.60. The Bertz CT molecular complexity index is 221. The smallest absolute Gasteiger partial charge is 0.332 e. The van der Waals surface area contributed by atoms with E-state index in [1.807, 2.05) is 18.9 Å². The summed E-state index contributed by atoms with van der Waals surface area (Å²) in [5.41, 5.74) is 1.71. The molecule has 0 spiro atoms. The lowest BCUT2D eigenvalue weighted by Gasteiger charge is -2.25. The molecule has 0 aromatic carbocycles. The Morgan fingerprint density at radius 2 is 2.33 bits per heavy atom. The molecule has 1 aliphatic heterocycles. The molecule has 0 saturated carbocycles. The van der Waals surface area contributed by atoms with Crippen LogP contribution in [0.2, 0.25) is 0 Å². The van der Waals surface area contributed by atoms with E-state index in [9.17, 15) is 4.79 Å². The molecule has 68 valence electrons. The molecule has 0 fully saturated rings. The van der Waals surface area contributed by atoms with Gasteiger partial charge in [0.15, 0.2) is 0 Å². The summed E-state index contributed by atoms with van der Waals surface area (Å²) in [5, 5.41) is 8.87.